The smallest absolute Gasteiger partial charge is 0.417 e. The fraction of sp³-hybridized carbons (Fsp3) is 0.371. The monoisotopic (exact) mass is 619 g/mol. The number of aromatic carboxylic acids is 1. The van der Waals surface area contributed by atoms with Crippen molar-refractivity contribution in [3.8, 4) is 11.1 Å². The van der Waals surface area contributed by atoms with Crippen molar-refractivity contribution in [2.75, 3.05) is 44.3 Å². The van der Waals surface area contributed by atoms with Crippen LogP contribution in [-0.2, 0) is 23.8 Å². The molecule has 236 valence electrons. The molecule has 2 aliphatic rings. The Balaban J connectivity index is 1.28. The highest BCUT2D eigenvalue weighted by molar-refractivity contribution is 6.04. The van der Waals surface area contributed by atoms with Crippen molar-refractivity contribution in [1.82, 2.24) is 9.88 Å². The van der Waals surface area contributed by atoms with Gasteiger partial charge in [0.1, 0.15) is 5.69 Å². The van der Waals surface area contributed by atoms with Gasteiger partial charge in [0, 0.05) is 48.4 Å². The number of alkyl halides is 3. The number of carboxylic acid groups (broad SMARTS) is 1. The maximum atomic E-state index is 14.5. The average molecular weight is 620 g/mol. The van der Waals surface area contributed by atoms with Crippen LogP contribution in [-0.4, -0.2) is 66.3 Å². The number of ether oxygens (including phenoxy) is 1. The first kappa shape index (κ1) is 30.7. The zero-order chi connectivity index (χ0) is 31.7. The molecule has 1 aromatic heterocycles. The second-order valence-corrected chi connectivity index (χ2v) is 11.9. The summed E-state index contributed by atoms with van der Waals surface area (Å²) in [5.74, 6) is -1.64. The number of aromatic nitrogens is 1. The number of hydrogen-bond donors (Lipinski definition) is 2. The van der Waals surface area contributed by atoms with Gasteiger partial charge < -0.3 is 24.6 Å². The maximum Gasteiger partial charge on any atom is 0.417 e. The first-order chi connectivity index (χ1) is 21.6. The van der Waals surface area contributed by atoms with Crippen LogP contribution in [0.2, 0.25) is 0 Å². The number of benzene rings is 3. The lowest BCUT2D eigenvalue weighted by molar-refractivity contribution is -0.137. The molecule has 45 heavy (non-hydrogen) atoms. The topological polar surface area (TPSA) is 85.9 Å². The minimum absolute atomic E-state index is 0.0103. The van der Waals surface area contributed by atoms with E-state index in [0.29, 0.717) is 49.2 Å². The first-order valence-electron chi connectivity index (χ1n) is 15.4. The van der Waals surface area contributed by atoms with E-state index in [-0.39, 0.29) is 22.4 Å². The number of fused-ring (bicyclic) bond motifs is 2. The van der Waals surface area contributed by atoms with Crippen molar-refractivity contribution < 1.29 is 32.6 Å². The summed E-state index contributed by atoms with van der Waals surface area (Å²) >= 11 is 0. The predicted molar refractivity (Wildman–Crippen MR) is 167 cm³/mol. The van der Waals surface area contributed by atoms with E-state index in [4.69, 9.17) is 4.74 Å². The van der Waals surface area contributed by atoms with E-state index in [1.165, 1.54) is 33.8 Å². The number of amides is 1. The molecule has 0 atom stereocenters. The number of carboxylic acids is 1. The van der Waals surface area contributed by atoms with Gasteiger partial charge >= 0.3 is 12.1 Å². The van der Waals surface area contributed by atoms with E-state index >= 15 is 0 Å². The SMILES string of the molecule is Cc1ccc2c(c1)CCCN2CCCCc1c(C(=O)O)[nH]c2c(-c3ccc(C(=O)N4CCOCC4)cc3C(F)(F)F)cccc12. The van der Waals surface area contributed by atoms with Crippen LogP contribution in [0.4, 0.5) is 18.9 Å². The standard InChI is InChI=1S/C35H36F3N3O4/c1-22-10-13-30-23(20-22)6-5-15-40(30)14-3-2-7-28-27-9-4-8-26(31(27)39-32(28)34(43)44)25-12-11-24(21-29(25)35(36,37)38)33(42)41-16-18-45-19-17-41/h4,8-13,20-21,39H,2-3,5-7,14-19H2,1H3,(H,43,44). The van der Waals surface area contributed by atoms with Gasteiger partial charge in [0.2, 0.25) is 0 Å². The number of aryl methyl sites for hydroxylation is 3. The summed E-state index contributed by atoms with van der Waals surface area (Å²) in [6.07, 6.45) is -0.547. The second kappa shape index (κ2) is 12.6. The third-order valence-corrected chi connectivity index (χ3v) is 8.87. The Labute approximate surface area is 259 Å². The Morgan fingerprint density at radius 3 is 2.53 bits per heavy atom. The lowest BCUT2D eigenvalue weighted by atomic mass is 9.94. The molecule has 4 aromatic rings. The normalized spacial score (nSPS) is 15.4. The third kappa shape index (κ3) is 6.29. The van der Waals surface area contributed by atoms with Crippen LogP contribution in [0, 0.1) is 6.92 Å². The zero-order valence-corrected chi connectivity index (χ0v) is 25.2. The van der Waals surface area contributed by atoms with Gasteiger partial charge in [-0.05, 0) is 73.9 Å². The largest absolute Gasteiger partial charge is 0.477 e. The number of H-pyrrole nitrogens is 1. The summed E-state index contributed by atoms with van der Waals surface area (Å²) in [5.41, 5.74) is 3.89. The van der Waals surface area contributed by atoms with Gasteiger partial charge in [0.05, 0.1) is 24.3 Å². The number of carbonyl (C=O) groups excluding carboxylic acids is 1. The lowest BCUT2D eigenvalue weighted by Crippen LogP contribution is -2.40. The molecule has 0 aliphatic carbocycles. The number of aromatic amines is 1. The van der Waals surface area contributed by atoms with Crippen LogP contribution in [0.15, 0.2) is 54.6 Å². The molecule has 0 bridgehead atoms. The van der Waals surface area contributed by atoms with Crippen LogP contribution >= 0.6 is 0 Å². The number of halogens is 3. The highest BCUT2D eigenvalue weighted by atomic mass is 19.4. The minimum atomic E-state index is -4.74. The number of unbranched alkanes of at least 4 members (excludes halogenated alkanes) is 1. The van der Waals surface area contributed by atoms with Gasteiger partial charge in [-0.1, -0.05) is 42.0 Å². The van der Waals surface area contributed by atoms with Crippen molar-refractivity contribution in [1.29, 1.82) is 0 Å². The molecule has 0 radical (unpaired) electrons. The molecule has 0 unspecified atom stereocenters. The number of para-hydroxylation sites is 1. The number of rotatable bonds is 8. The van der Waals surface area contributed by atoms with E-state index in [1.807, 2.05) is 0 Å². The number of nitrogens with zero attached hydrogens (tertiary/aromatic N) is 2. The van der Waals surface area contributed by atoms with Gasteiger partial charge in [0.15, 0.2) is 0 Å². The molecule has 1 amide bonds. The van der Waals surface area contributed by atoms with Crippen LogP contribution in [0.5, 0.6) is 0 Å². The van der Waals surface area contributed by atoms with Crippen LogP contribution in [0.1, 0.15) is 62.4 Å². The van der Waals surface area contributed by atoms with Crippen LogP contribution < -0.4 is 4.90 Å². The van der Waals surface area contributed by atoms with Crippen molar-refractivity contribution in [3.05, 3.63) is 88.1 Å². The third-order valence-electron chi connectivity index (χ3n) is 8.87. The number of nitrogens with one attached hydrogen (secondary N) is 1. The highest BCUT2D eigenvalue weighted by Crippen LogP contribution is 2.41. The Morgan fingerprint density at radius 2 is 1.78 bits per heavy atom. The van der Waals surface area contributed by atoms with Gasteiger partial charge in [-0.2, -0.15) is 13.2 Å². The molecule has 1 saturated heterocycles. The van der Waals surface area contributed by atoms with Gasteiger partial charge in [-0.3, -0.25) is 4.79 Å². The lowest BCUT2D eigenvalue weighted by Gasteiger charge is -2.31. The minimum Gasteiger partial charge on any atom is -0.477 e. The quantitative estimate of drug-likeness (QED) is 0.206. The average Bonchev–Trinajstić information content (AvgIpc) is 3.41. The molecule has 0 saturated carbocycles. The first-order valence-corrected chi connectivity index (χ1v) is 15.4. The highest BCUT2D eigenvalue weighted by Gasteiger charge is 2.36. The van der Waals surface area contributed by atoms with Gasteiger partial charge in [-0.25, -0.2) is 4.79 Å². The number of hydrogen-bond acceptors (Lipinski definition) is 4. The summed E-state index contributed by atoms with van der Waals surface area (Å²) in [7, 11) is 0. The van der Waals surface area contributed by atoms with E-state index in [9.17, 15) is 27.9 Å². The van der Waals surface area contributed by atoms with Crippen LogP contribution in [0.3, 0.4) is 0 Å². The molecule has 10 heteroatoms. The van der Waals surface area contributed by atoms with E-state index in [1.54, 1.807) is 18.2 Å². The molecular formula is C35H36F3N3O4. The summed E-state index contributed by atoms with van der Waals surface area (Å²) in [6, 6.07) is 15.1. The Bertz CT molecular complexity index is 1740. The molecule has 3 aromatic carbocycles. The number of carbonyl (C=O) groups is 2. The predicted octanol–water partition coefficient (Wildman–Crippen LogP) is 7.11. The molecule has 2 aliphatic heterocycles. The Hall–Kier alpha value is -4.31. The van der Waals surface area contributed by atoms with Crippen molar-refractivity contribution in [2.24, 2.45) is 0 Å². The summed E-state index contributed by atoms with van der Waals surface area (Å²) in [4.78, 5) is 32.1. The molecule has 3 heterocycles. The molecule has 1 fully saturated rings. The van der Waals surface area contributed by atoms with Crippen molar-refractivity contribution in [3.63, 3.8) is 0 Å². The van der Waals surface area contributed by atoms with E-state index in [2.05, 4.69) is 35.0 Å². The molecule has 7 nitrogen and oxygen atoms in total. The van der Waals surface area contributed by atoms with Crippen LogP contribution in [0.25, 0.3) is 22.0 Å². The summed E-state index contributed by atoms with van der Waals surface area (Å²) < 4.78 is 48.6. The molecule has 2 N–H and O–H groups in total. The van der Waals surface area contributed by atoms with Gasteiger partial charge in [0.25, 0.3) is 5.91 Å². The van der Waals surface area contributed by atoms with Gasteiger partial charge in [-0.15, -0.1) is 0 Å². The fourth-order valence-corrected chi connectivity index (χ4v) is 6.68. The van der Waals surface area contributed by atoms with E-state index < -0.39 is 23.6 Å². The fourth-order valence-electron chi connectivity index (χ4n) is 6.68. The number of anilines is 1. The summed E-state index contributed by atoms with van der Waals surface area (Å²) in [5, 5.41) is 10.6. The van der Waals surface area contributed by atoms with Crippen molar-refractivity contribution >= 4 is 28.5 Å². The molecular weight excluding hydrogens is 583 g/mol. The maximum absolute atomic E-state index is 14.5. The second-order valence-electron chi connectivity index (χ2n) is 11.9. The molecule has 0 spiro atoms. The Morgan fingerprint density at radius 1 is 0.978 bits per heavy atom. The zero-order valence-electron chi connectivity index (χ0n) is 25.2. The summed E-state index contributed by atoms with van der Waals surface area (Å²) in [6.45, 7) is 5.22. The molecule has 6 rings (SSSR count). The van der Waals surface area contributed by atoms with Crippen molar-refractivity contribution in [2.45, 2.75) is 45.2 Å². The van der Waals surface area contributed by atoms with E-state index in [0.717, 1.165) is 44.8 Å². The number of morpholine rings is 1. The Kier molecular flexibility index (Phi) is 8.59.